The van der Waals surface area contributed by atoms with E-state index in [1.807, 2.05) is 0 Å². The van der Waals surface area contributed by atoms with E-state index >= 15 is 0 Å². The second-order valence-electron chi connectivity index (χ2n) is 5.29. The first kappa shape index (κ1) is 14.9. The van der Waals surface area contributed by atoms with E-state index in [2.05, 4.69) is 33.1 Å². The Hall–Kier alpha value is -0.120. The molecule has 0 bridgehead atoms. The van der Waals surface area contributed by atoms with Gasteiger partial charge in [-0.05, 0) is 11.8 Å². The number of nitrogens with two attached hydrogens (primary N) is 1. The molecule has 3 heteroatoms. The highest BCUT2D eigenvalue weighted by Crippen LogP contribution is 2.26. The van der Waals surface area contributed by atoms with E-state index in [0.717, 1.165) is 6.42 Å². The van der Waals surface area contributed by atoms with Gasteiger partial charge in [-0.2, -0.15) is 0 Å². The molecule has 0 fully saturated rings. The van der Waals surface area contributed by atoms with Crippen LogP contribution in [0.4, 0.5) is 0 Å². The molecule has 2 unspecified atom stereocenters. The molecule has 0 aliphatic carbocycles. The van der Waals surface area contributed by atoms with Crippen molar-refractivity contribution in [2.24, 2.45) is 11.3 Å². The van der Waals surface area contributed by atoms with E-state index in [4.69, 9.17) is 10.6 Å². The van der Waals surface area contributed by atoms with Crippen LogP contribution in [0.3, 0.4) is 0 Å². The van der Waals surface area contributed by atoms with Gasteiger partial charge in [-0.3, -0.25) is 11.3 Å². The molecular weight excluding hydrogens is 188 g/mol. The molecule has 3 N–H and O–H groups in total. The minimum absolute atomic E-state index is 0.123. The van der Waals surface area contributed by atoms with E-state index < -0.39 is 0 Å². The number of hydrogen-bond acceptors (Lipinski definition) is 3. The van der Waals surface area contributed by atoms with Crippen molar-refractivity contribution in [3.63, 3.8) is 0 Å². The van der Waals surface area contributed by atoms with Crippen molar-refractivity contribution >= 4 is 0 Å². The Balaban J connectivity index is 4.22. The molecule has 0 saturated carbocycles. The Kier molecular flexibility index (Phi) is 7.14. The zero-order valence-electron chi connectivity index (χ0n) is 11.0. The lowest BCUT2D eigenvalue weighted by Crippen LogP contribution is -2.50. The molecule has 0 aromatic carbocycles. The van der Waals surface area contributed by atoms with E-state index in [9.17, 15) is 0 Å². The van der Waals surface area contributed by atoms with Crippen LogP contribution in [0.15, 0.2) is 0 Å². The van der Waals surface area contributed by atoms with Crippen LogP contribution in [0, 0.1) is 5.41 Å². The molecule has 0 heterocycles. The van der Waals surface area contributed by atoms with Crippen molar-refractivity contribution in [2.75, 3.05) is 7.11 Å². The highest BCUT2D eigenvalue weighted by molar-refractivity contribution is 4.84. The third-order valence-electron chi connectivity index (χ3n) is 2.81. The maximum Gasteiger partial charge on any atom is 0.0785 e. The summed E-state index contributed by atoms with van der Waals surface area (Å²) in [7, 11) is 1.76. The van der Waals surface area contributed by atoms with Crippen LogP contribution >= 0.6 is 0 Å². The van der Waals surface area contributed by atoms with Crippen LogP contribution in [-0.2, 0) is 4.74 Å². The molecule has 0 aromatic rings. The number of rotatable bonds is 7. The molecule has 3 nitrogen and oxygen atoms in total. The summed E-state index contributed by atoms with van der Waals surface area (Å²) >= 11 is 0. The van der Waals surface area contributed by atoms with Crippen molar-refractivity contribution in [3.8, 4) is 0 Å². The number of ether oxygens (including phenoxy) is 1. The highest BCUT2D eigenvalue weighted by atomic mass is 16.5. The van der Waals surface area contributed by atoms with Crippen molar-refractivity contribution in [1.29, 1.82) is 0 Å². The van der Waals surface area contributed by atoms with E-state index in [1.54, 1.807) is 7.11 Å². The fraction of sp³-hybridized carbons (Fsp3) is 1.00. The largest absolute Gasteiger partial charge is 0.379 e. The molecular formula is C12H28N2O. The molecule has 0 rings (SSSR count). The van der Waals surface area contributed by atoms with Crippen LogP contribution in [0.5, 0.6) is 0 Å². The average molecular weight is 216 g/mol. The number of methoxy groups -OCH3 is 1. The SMILES string of the molecule is CCCCCC(NN)C(OC)C(C)(C)C. The van der Waals surface area contributed by atoms with Gasteiger partial charge >= 0.3 is 0 Å². The normalized spacial score (nSPS) is 16.4. The van der Waals surface area contributed by atoms with Gasteiger partial charge in [0.05, 0.1) is 6.10 Å². The number of unbranched alkanes of at least 4 members (excludes halogenated alkanes) is 2. The molecule has 0 radical (unpaired) electrons. The molecule has 2 atom stereocenters. The predicted octanol–water partition coefficient (Wildman–Crippen LogP) is 2.46. The average Bonchev–Trinajstić information content (AvgIpc) is 2.14. The van der Waals surface area contributed by atoms with E-state index in [-0.39, 0.29) is 17.6 Å². The molecule has 0 aliphatic heterocycles. The molecule has 15 heavy (non-hydrogen) atoms. The summed E-state index contributed by atoms with van der Waals surface area (Å²) in [5.74, 6) is 5.60. The first-order valence-electron chi connectivity index (χ1n) is 5.96. The second kappa shape index (κ2) is 7.20. The van der Waals surface area contributed by atoms with Crippen molar-refractivity contribution in [3.05, 3.63) is 0 Å². The minimum Gasteiger partial charge on any atom is -0.379 e. The smallest absolute Gasteiger partial charge is 0.0785 e. The fourth-order valence-corrected chi connectivity index (χ4v) is 2.06. The molecule has 0 aliphatic rings. The maximum absolute atomic E-state index is 5.60. The monoisotopic (exact) mass is 216 g/mol. The molecule has 0 saturated heterocycles. The second-order valence-corrected chi connectivity index (χ2v) is 5.29. The first-order chi connectivity index (χ1) is 6.97. The summed E-state index contributed by atoms with van der Waals surface area (Å²) in [6.07, 6.45) is 4.96. The zero-order chi connectivity index (χ0) is 11.9. The fourth-order valence-electron chi connectivity index (χ4n) is 2.06. The van der Waals surface area contributed by atoms with Gasteiger partial charge in [0.25, 0.3) is 0 Å². The Morgan fingerprint density at radius 1 is 1.27 bits per heavy atom. The van der Waals surface area contributed by atoms with Crippen molar-refractivity contribution in [1.82, 2.24) is 5.43 Å². The Morgan fingerprint density at radius 3 is 2.20 bits per heavy atom. The Labute approximate surface area is 94.7 Å². The Bertz CT molecular complexity index is 154. The summed E-state index contributed by atoms with van der Waals surface area (Å²) in [5.41, 5.74) is 3.02. The molecule has 0 aromatic heterocycles. The van der Waals surface area contributed by atoms with E-state index in [0.29, 0.717) is 0 Å². The summed E-state index contributed by atoms with van der Waals surface area (Å²) in [6, 6.07) is 0.251. The predicted molar refractivity (Wildman–Crippen MR) is 65.5 cm³/mol. The first-order valence-corrected chi connectivity index (χ1v) is 5.96. The van der Waals surface area contributed by atoms with Crippen LogP contribution in [0.2, 0.25) is 0 Å². The minimum atomic E-state index is 0.123. The number of nitrogens with one attached hydrogen (secondary N) is 1. The lowest BCUT2D eigenvalue weighted by Gasteiger charge is -2.35. The van der Waals surface area contributed by atoms with Gasteiger partial charge in [-0.1, -0.05) is 47.0 Å². The van der Waals surface area contributed by atoms with Crippen molar-refractivity contribution < 1.29 is 4.74 Å². The zero-order valence-corrected chi connectivity index (χ0v) is 11.0. The highest BCUT2D eigenvalue weighted by Gasteiger charge is 2.31. The van der Waals surface area contributed by atoms with Gasteiger partial charge in [-0.15, -0.1) is 0 Å². The summed E-state index contributed by atoms with van der Waals surface area (Å²) in [4.78, 5) is 0. The van der Waals surface area contributed by atoms with Gasteiger partial charge in [-0.25, -0.2) is 0 Å². The van der Waals surface area contributed by atoms with Crippen LogP contribution in [0.25, 0.3) is 0 Å². The quantitative estimate of drug-likeness (QED) is 0.390. The summed E-state index contributed by atoms with van der Waals surface area (Å²) in [6.45, 7) is 8.77. The summed E-state index contributed by atoms with van der Waals surface area (Å²) in [5, 5.41) is 0. The van der Waals surface area contributed by atoms with E-state index in [1.165, 1.54) is 19.3 Å². The van der Waals surface area contributed by atoms with Gasteiger partial charge in [0.1, 0.15) is 0 Å². The van der Waals surface area contributed by atoms with Gasteiger partial charge in [0, 0.05) is 13.2 Å². The maximum atomic E-state index is 5.60. The lowest BCUT2D eigenvalue weighted by atomic mass is 9.83. The topological polar surface area (TPSA) is 47.3 Å². The number of hydrogen-bond donors (Lipinski definition) is 2. The molecule has 0 spiro atoms. The third kappa shape index (κ3) is 5.50. The number of hydrazine groups is 1. The molecule has 92 valence electrons. The van der Waals surface area contributed by atoms with Crippen molar-refractivity contribution in [2.45, 2.75) is 65.5 Å². The van der Waals surface area contributed by atoms with Gasteiger partial charge in [0.15, 0.2) is 0 Å². The lowest BCUT2D eigenvalue weighted by molar-refractivity contribution is -0.0137. The summed E-state index contributed by atoms with van der Waals surface area (Å²) < 4.78 is 5.56. The molecule has 0 amide bonds. The van der Waals surface area contributed by atoms with Crippen LogP contribution in [0.1, 0.15) is 53.4 Å². The van der Waals surface area contributed by atoms with Gasteiger partial charge < -0.3 is 4.74 Å². The Morgan fingerprint density at radius 2 is 1.87 bits per heavy atom. The van der Waals surface area contributed by atoms with Gasteiger partial charge in [0.2, 0.25) is 0 Å². The van der Waals surface area contributed by atoms with Crippen LogP contribution in [-0.4, -0.2) is 19.3 Å². The third-order valence-corrected chi connectivity index (χ3v) is 2.81. The van der Waals surface area contributed by atoms with Crippen LogP contribution < -0.4 is 11.3 Å². The standard InChI is InChI=1S/C12H28N2O/c1-6-7-8-9-10(14-13)11(15-5)12(2,3)4/h10-11,14H,6-9,13H2,1-5H3.